The number of halogens is 1. The number of benzene rings is 2. The maximum atomic E-state index is 13.5. The minimum atomic E-state index is 0.0157. The van der Waals surface area contributed by atoms with E-state index in [0.717, 1.165) is 49.0 Å². The maximum absolute atomic E-state index is 13.5. The van der Waals surface area contributed by atoms with Crippen molar-refractivity contribution in [1.29, 1.82) is 0 Å². The summed E-state index contributed by atoms with van der Waals surface area (Å²) < 4.78 is 2.08. The fraction of sp³-hybridized carbons (Fsp3) is 0.333. The van der Waals surface area contributed by atoms with E-state index >= 15 is 0 Å². The van der Waals surface area contributed by atoms with Gasteiger partial charge in [-0.3, -0.25) is 9.69 Å². The van der Waals surface area contributed by atoms with Crippen LogP contribution in [0.2, 0.25) is 0 Å². The number of amides is 1. The van der Waals surface area contributed by atoms with Crippen molar-refractivity contribution in [3.8, 4) is 0 Å². The Bertz CT molecular complexity index is 956. The van der Waals surface area contributed by atoms with Gasteiger partial charge in [0.05, 0.1) is 15.8 Å². The summed E-state index contributed by atoms with van der Waals surface area (Å²) >= 11 is 5.51. The molecular formula is C21H24IN3OS2. The second-order valence-corrected chi connectivity index (χ2v) is 9.29. The van der Waals surface area contributed by atoms with E-state index in [9.17, 15) is 4.79 Å². The number of anilines is 1. The number of carbonyl (C=O) groups is 1. The fourth-order valence-corrected chi connectivity index (χ4v) is 5.30. The van der Waals surface area contributed by atoms with E-state index in [0.29, 0.717) is 6.54 Å². The number of thioether (sulfide) groups is 1. The molecule has 0 unspecified atom stereocenters. The Morgan fingerprint density at radius 3 is 2.54 bits per heavy atom. The van der Waals surface area contributed by atoms with Gasteiger partial charge in [0.25, 0.3) is 5.91 Å². The molecular weight excluding hydrogens is 501 g/mol. The van der Waals surface area contributed by atoms with Gasteiger partial charge in [0, 0.05) is 21.6 Å². The summed E-state index contributed by atoms with van der Waals surface area (Å²) in [6, 6.07) is 14.0. The van der Waals surface area contributed by atoms with E-state index in [2.05, 4.69) is 65.8 Å². The van der Waals surface area contributed by atoms with Crippen LogP contribution >= 0.6 is 45.7 Å². The van der Waals surface area contributed by atoms with Crippen molar-refractivity contribution in [1.82, 2.24) is 9.88 Å². The fourth-order valence-electron chi connectivity index (χ4n) is 3.04. The van der Waals surface area contributed by atoms with E-state index in [1.165, 1.54) is 0 Å². The zero-order chi connectivity index (χ0) is 20.1. The zero-order valence-electron chi connectivity index (χ0n) is 16.3. The molecule has 1 aromatic heterocycles. The molecule has 4 nitrogen and oxygen atoms in total. The molecule has 3 rings (SSSR count). The predicted octanol–water partition coefficient (Wildman–Crippen LogP) is 5.61. The molecule has 1 amide bonds. The van der Waals surface area contributed by atoms with Crippen LogP contribution in [0.25, 0.3) is 10.2 Å². The zero-order valence-corrected chi connectivity index (χ0v) is 20.1. The maximum Gasteiger partial charge on any atom is 0.261 e. The lowest BCUT2D eigenvalue weighted by molar-refractivity contribution is 0.0983. The summed E-state index contributed by atoms with van der Waals surface area (Å²) in [7, 11) is 0. The molecule has 0 radical (unpaired) electrons. The van der Waals surface area contributed by atoms with Crippen molar-refractivity contribution in [2.75, 3.05) is 37.3 Å². The molecule has 0 saturated carbocycles. The summed E-state index contributed by atoms with van der Waals surface area (Å²) in [5.74, 6) is 0.0157. The number of thiazole rings is 1. The van der Waals surface area contributed by atoms with Gasteiger partial charge in [0.1, 0.15) is 0 Å². The average molecular weight is 525 g/mol. The minimum Gasteiger partial charge on any atom is -0.302 e. The van der Waals surface area contributed by atoms with Crippen molar-refractivity contribution >= 4 is 66.9 Å². The second-order valence-electron chi connectivity index (χ2n) is 6.27. The van der Waals surface area contributed by atoms with Crippen LogP contribution in [0.4, 0.5) is 5.13 Å². The van der Waals surface area contributed by atoms with Crippen molar-refractivity contribution in [3.63, 3.8) is 0 Å². The first-order valence-corrected chi connectivity index (χ1v) is 12.4. The smallest absolute Gasteiger partial charge is 0.261 e. The quantitative estimate of drug-likeness (QED) is 0.283. The van der Waals surface area contributed by atoms with Gasteiger partial charge in [-0.25, -0.2) is 4.98 Å². The molecule has 0 saturated heterocycles. The average Bonchev–Trinajstić information content (AvgIpc) is 3.15. The van der Waals surface area contributed by atoms with E-state index in [1.807, 2.05) is 29.2 Å². The molecule has 7 heteroatoms. The number of hydrogen-bond donors (Lipinski definition) is 0. The lowest BCUT2D eigenvalue weighted by Crippen LogP contribution is -2.39. The number of nitrogens with zero attached hydrogens (tertiary/aromatic N) is 3. The normalized spacial score (nSPS) is 11.3. The highest BCUT2D eigenvalue weighted by Gasteiger charge is 2.23. The van der Waals surface area contributed by atoms with Crippen LogP contribution in [0.1, 0.15) is 24.2 Å². The van der Waals surface area contributed by atoms with Gasteiger partial charge in [0.2, 0.25) is 0 Å². The Morgan fingerprint density at radius 1 is 1.11 bits per heavy atom. The molecule has 0 spiro atoms. The standard InChI is InChI=1S/C21H24IN3OS2/c1-4-24(5-2)13-14-25(20(26)15-9-6-7-10-16(15)22)21-23-19-17(27-3)11-8-12-18(19)28-21/h6-12H,4-5,13-14H2,1-3H3. The third-order valence-electron chi connectivity index (χ3n) is 4.71. The Balaban J connectivity index is 2.00. The highest BCUT2D eigenvalue weighted by molar-refractivity contribution is 14.1. The Hall–Kier alpha value is -1.16. The third-order valence-corrected chi connectivity index (χ3v) is 7.46. The van der Waals surface area contributed by atoms with E-state index in [1.54, 1.807) is 23.1 Å². The van der Waals surface area contributed by atoms with Gasteiger partial charge in [0.15, 0.2) is 5.13 Å². The van der Waals surface area contributed by atoms with Crippen molar-refractivity contribution < 1.29 is 4.79 Å². The summed E-state index contributed by atoms with van der Waals surface area (Å²) in [5.41, 5.74) is 1.71. The Morgan fingerprint density at radius 2 is 1.86 bits per heavy atom. The topological polar surface area (TPSA) is 36.4 Å². The molecule has 3 aromatic rings. The van der Waals surface area contributed by atoms with E-state index in [4.69, 9.17) is 4.98 Å². The van der Waals surface area contributed by atoms with Gasteiger partial charge >= 0.3 is 0 Å². The second kappa shape index (κ2) is 10.0. The van der Waals surface area contributed by atoms with Crippen LogP contribution < -0.4 is 4.90 Å². The van der Waals surface area contributed by atoms with Crippen molar-refractivity contribution in [3.05, 3.63) is 51.6 Å². The highest BCUT2D eigenvalue weighted by atomic mass is 127. The molecule has 148 valence electrons. The van der Waals surface area contributed by atoms with Gasteiger partial charge in [-0.1, -0.05) is 43.4 Å². The first-order chi connectivity index (χ1) is 13.6. The summed E-state index contributed by atoms with van der Waals surface area (Å²) in [6.07, 6.45) is 2.06. The van der Waals surface area contributed by atoms with Crippen LogP contribution in [-0.4, -0.2) is 48.2 Å². The molecule has 0 atom stereocenters. The van der Waals surface area contributed by atoms with Crippen LogP contribution in [0.3, 0.4) is 0 Å². The van der Waals surface area contributed by atoms with Crippen LogP contribution in [0.15, 0.2) is 47.4 Å². The van der Waals surface area contributed by atoms with E-state index < -0.39 is 0 Å². The number of fused-ring (bicyclic) bond motifs is 1. The molecule has 0 aliphatic heterocycles. The van der Waals surface area contributed by atoms with Gasteiger partial charge in [-0.05, 0) is 66.2 Å². The summed E-state index contributed by atoms with van der Waals surface area (Å²) in [6.45, 7) is 7.69. The van der Waals surface area contributed by atoms with Crippen molar-refractivity contribution in [2.45, 2.75) is 18.7 Å². The summed E-state index contributed by atoms with van der Waals surface area (Å²) in [5, 5.41) is 0.772. The van der Waals surface area contributed by atoms with Gasteiger partial charge in [-0.2, -0.15) is 0 Å². The van der Waals surface area contributed by atoms with E-state index in [-0.39, 0.29) is 5.91 Å². The van der Waals surface area contributed by atoms with Gasteiger partial charge < -0.3 is 4.90 Å². The first kappa shape index (κ1) is 21.5. The molecule has 0 aliphatic carbocycles. The Kier molecular flexibility index (Phi) is 7.73. The molecule has 28 heavy (non-hydrogen) atoms. The third kappa shape index (κ3) is 4.69. The number of rotatable bonds is 8. The number of para-hydroxylation sites is 1. The summed E-state index contributed by atoms with van der Waals surface area (Å²) in [4.78, 5) is 23.6. The monoisotopic (exact) mass is 525 g/mol. The lowest BCUT2D eigenvalue weighted by atomic mass is 10.2. The predicted molar refractivity (Wildman–Crippen MR) is 130 cm³/mol. The molecule has 0 N–H and O–H groups in total. The molecule has 0 fully saturated rings. The molecule has 0 bridgehead atoms. The SMILES string of the molecule is CCN(CC)CCN(C(=O)c1ccccc1I)c1nc2c(SC)cccc2s1. The molecule has 0 aliphatic rings. The number of likely N-dealkylation sites (N-methyl/N-ethyl adjacent to an activating group) is 1. The van der Waals surface area contributed by atoms with Crippen molar-refractivity contribution in [2.24, 2.45) is 0 Å². The minimum absolute atomic E-state index is 0.0157. The highest BCUT2D eigenvalue weighted by Crippen LogP contribution is 2.34. The van der Waals surface area contributed by atoms with Gasteiger partial charge in [-0.15, -0.1) is 11.8 Å². The Labute approximate surface area is 188 Å². The molecule has 2 aromatic carbocycles. The largest absolute Gasteiger partial charge is 0.302 e. The lowest BCUT2D eigenvalue weighted by Gasteiger charge is -2.25. The van der Waals surface area contributed by atoms with Crippen LogP contribution in [0.5, 0.6) is 0 Å². The van der Waals surface area contributed by atoms with Crippen LogP contribution in [-0.2, 0) is 0 Å². The molecule has 1 heterocycles. The number of hydrogen-bond acceptors (Lipinski definition) is 5. The van der Waals surface area contributed by atoms with Crippen LogP contribution in [0, 0.1) is 3.57 Å². The number of aromatic nitrogens is 1. The number of carbonyl (C=O) groups excluding carboxylic acids is 1. The first-order valence-electron chi connectivity index (χ1n) is 9.31.